The number of nitrogens with zero attached hydrogens (tertiary/aromatic N) is 1. The van der Waals surface area contributed by atoms with E-state index in [2.05, 4.69) is 15.9 Å². The fraction of sp³-hybridized carbons (Fsp3) is 0.455. The number of likely N-dealkylation sites (tertiary alicyclic amines) is 1. The number of carboxylic acids is 1. The molecule has 1 aromatic rings. The van der Waals surface area contributed by atoms with Crippen LogP contribution in [-0.2, 0) is 4.79 Å². The largest absolute Gasteiger partial charge is 0.480 e. The van der Waals surface area contributed by atoms with Gasteiger partial charge in [-0.05, 0) is 47.3 Å². The standard InChI is InChI=1S/C11H12BrNO4/c12-9-5-4-8(17-9)10(14)13-6-2-1-3-7(13)11(15)16/h4-5,7H,1-3,6H2,(H,15,16). The van der Waals surface area contributed by atoms with Crippen LogP contribution in [0.25, 0.3) is 0 Å². The highest BCUT2D eigenvalue weighted by Crippen LogP contribution is 2.22. The van der Waals surface area contributed by atoms with Gasteiger partial charge in [0.1, 0.15) is 6.04 Å². The van der Waals surface area contributed by atoms with E-state index in [-0.39, 0.29) is 11.7 Å². The third-order valence-corrected chi connectivity index (χ3v) is 3.26. The third-order valence-electron chi connectivity index (χ3n) is 2.83. The molecule has 2 rings (SSSR count). The first kappa shape index (κ1) is 12.2. The number of halogens is 1. The Balaban J connectivity index is 2.19. The van der Waals surface area contributed by atoms with E-state index in [1.54, 1.807) is 12.1 Å². The molecule has 2 heterocycles. The fourth-order valence-electron chi connectivity index (χ4n) is 2.00. The number of amides is 1. The van der Waals surface area contributed by atoms with E-state index in [9.17, 15) is 9.59 Å². The zero-order valence-electron chi connectivity index (χ0n) is 9.06. The minimum atomic E-state index is -0.955. The number of furan rings is 1. The molecular weight excluding hydrogens is 290 g/mol. The van der Waals surface area contributed by atoms with Crippen LogP contribution in [0.1, 0.15) is 29.8 Å². The second kappa shape index (κ2) is 4.91. The topological polar surface area (TPSA) is 70.8 Å². The van der Waals surface area contributed by atoms with Gasteiger partial charge in [0, 0.05) is 6.54 Å². The number of carboxylic acid groups (broad SMARTS) is 1. The van der Waals surface area contributed by atoms with Gasteiger partial charge in [0.05, 0.1) is 0 Å². The molecule has 1 unspecified atom stereocenters. The molecular formula is C11H12BrNO4. The molecule has 1 N–H and O–H groups in total. The Labute approximate surface area is 107 Å². The van der Waals surface area contributed by atoms with Gasteiger partial charge in [-0.1, -0.05) is 0 Å². The Morgan fingerprint density at radius 3 is 2.76 bits per heavy atom. The van der Waals surface area contributed by atoms with Gasteiger partial charge in [0.2, 0.25) is 0 Å². The van der Waals surface area contributed by atoms with E-state index >= 15 is 0 Å². The van der Waals surface area contributed by atoms with Gasteiger partial charge in [-0.25, -0.2) is 4.79 Å². The Morgan fingerprint density at radius 1 is 1.41 bits per heavy atom. The molecule has 0 saturated carbocycles. The summed E-state index contributed by atoms with van der Waals surface area (Å²) < 4.78 is 5.62. The van der Waals surface area contributed by atoms with Gasteiger partial charge in [-0.15, -0.1) is 0 Å². The van der Waals surface area contributed by atoms with Crippen LogP contribution in [0.15, 0.2) is 21.2 Å². The lowest BCUT2D eigenvalue weighted by Crippen LogP contribution is -2.47. The lowest BCUT2D eigenvalue weighted by molar-refractivity contribution is -0.143. The van der Waals surface area contributed by atoms with Crippen LogP contribution in [0.2, 0.25) is 0 Å². The second-order valence-corrected chi connectivity index (χ2v) is 4.73. The first-order valence-electron chi connectivity index (χ1n) is 5.38. The normalized spacial score (nSPS) is 20.3. The first-order valence-corrected chi connectivity index (χ1v) is 6.18. The van der Waals surface area contributed by atoms with Gasteiger partial charge in [0.15, 0.2) is 10.4 Å². The van der Waals surface area contributed by atoms with Crippen LogP contribution in [0.5, 0.6) is 0 Å². The maximum atomic E-state index is 12.1. The summed E-state index contributed by atoms with van der Waals surface area (Å²) in [5, 5.41) is 9.08. The van der Waals surface area contributed by atoms with E-state index in [1.807, 2.05) is 0 Å². The summed E-state index contributed by atoms with van der Waals surface area (Å²) in [4.78, 5) is 24.5. The molecule has 0 radical (unpaired) electrons. The number of hydrogen-bond acceptors (Lipinski definition) is 3. The van der Waals surface area contributed by atoms with Crippen molar-refractivity contribution in [2.75, 3.05) is 6.54 Å². The van der Waals surface area contributed by atoms with Gasteiger partial charge < -0.3 is 14.4 Å². The number of hydrogen-bond donors (Lipinski definition) is 1. The summed E-state index contributed by atoms with van der Waals surface area (Å²) in [6.07, 6.45) is 2.17. The molecule has 1 saturated heterocycles. The van der Waals surface area contributed by atoms with Gasteiger partial charge >= 0.3 is 5.97 Å². The lowest BCUT2D eigenvalue weighted by atomic mass is 10.0. The molecule has 17 heavy (non-hydrogen) atoms. The molecule has 0 aromatic carbocycles. The minimum Gasteiger partial charge on any atom is -0.480 e. The number of piperidine rings is 1. The predicted molar refractivity (Wildman–Crippen MR) is 62.7 cm³/mol. The summed E-state index contributed by atoms with van der Waals surface area (Å²) >= 11 is 3.11. The Bertz CT molecular complexity index is 442. The molecule has 5 nitrogen and oxygen atoms in total. The van der Waals surface area contributed by atoms with Crippen LogP contribution in [0.4, 0.5) is 0 Å². The predicted octanol–water partition coefficient (Wildman–Crippen LogP) is 2.12. The quantitative estimate of drug-likeness (QED) is 0.908. The highest BCUT2D eigenvalue weighted by Gasteiger charge is 2.33. The molecule has 1 aliphatic heterocycles. The molecule has 1 atom stereocenters. The fourth-order valence-corrected chi connectivity index (χ4v) is 2.31. The van der Waals surface area contributed by atoms with Crippen LogP contribution in [0.3, 0.4) is 0 Å². The van der Waals surface area contributed by atoms with Crippen molar-refractivity contribution < 1.29 is 19.1 Å². The van der Waals surface area contributed by atoms with E-state index in [0.29, 0.717) is 17.6 Å². The summed E-state index contributed by atoms with van der Waals surface area (Å²) in [6.45, 7) is 0.466. The monoisotopic (exact) mass is 301 g/mol. The highest BCUT2D eigenvalue weighted by molar-refractivity contribution is 9.10. The Kier molecular flexibility index (Phi) is 3.51. The maximum Gasteiger partial charge on any atom is 0.326 e. The second-order valence-electron chi connectivity index (χ2n) is 3.95. The van der Waals surface area contributed by atoms with Gasteiger partial charge in [-0.3, -0.25) is 4.79 Å². The molecule has 1 amide bonds. The molecule has 6 heteroatoms. The third kappa shape index (κ3) is 2.52. The van der Waals surface area contributed by atoms with Crippen molar-refractivity contribution in [1.82, 2.24) is 4.90 Å². The van der Waals surface area contributed by atoms with Gasteiger partial charge in [-0.2, -0.15) is 0 Å². The molecule has 0 bridgehead atoms. The summed E-state index contributed by atoms with van der Waals surface area (Å²) in [7, 11) is 0. The number of carbonyl (C=O) groups excluding carboxylic acids is 1. The number of rotatable bonds is 2. The number of aliphatic carboxylic acids is 1. The molecule has 1 aromatic heterocycles. The van der Waals surface area contributed by atoms with Crippen molar-refractivity contribution in [2.24, 2.45) is 0 Å². The van der Waals surface area contributed by atoms with Crippen LogP contribution >= 0.6 is 15.9 Å². The Hall–Kier alpha value is -1.30. The maximum absolute atomic E-state index is 12.1. The summed E-state index contributed by atoms with van der Waals surface area (Å²) in [6, 6.07) is 2.42. The smallest absolute Gasteiger partial charge is 0.326 e. The molecule has 1 aliphatic rings. The van der Waals surface area contributed by atoms with Crippen LogP contribution in [-0.4, -0.2) is 34.5 Å². The molecule has 0 aliphatic carbocycles. The van der Waals surface area contributed by atoms with Crippen molar-refractivity contribution in [1.29, 1.82) is 0 Å². The lowest BCUT2D eigenvalue weighted by Gasteiger charge is -2.32. The van der Waals surface area contributed by atoms with E-state index in [1.165, 1.54) is 4.90 Å². The molecule has 92 valence electrons. The van der Waals surface area contributed by atoms with E-state index in [4.69, 9.17) is 9.52 Å². The Morgan fingerprint density at radius 2 is 2.18 bits per heavy atom. The van der Waals surface area contributed by atoms with E-state index < -0.39 is 12.0 Å². The van der Waals surface area contributed by atoms with Crippen molar-refractivity contribution in [3.8, 4) is 0 Å². The average Bonchev–Trinajstić information content (AvgIpc) is 2.75. The first-order chi connectivity index (χ1) is 8.09. The summed E-state index contributed by atoms with van der Waals surface area (Å²) in [5.74, 6) is -1.14. The highest BCUT2D eigenvalue weighted by atomic mass is 79.9. The average molecular weight is 302 g/mol. The summed E-state index contributed by atoms with van der Waals surface area (Å²) in [5.41, 5.74) is 0. The van der Waals surface area contributed by atoms with Gasteiger partial charge in [0.25, 0.3) is 5.91 Å². The van der Waals surface area contributed by atoms with Crippen LogP contribution < -0.4 is 0 Å². The molecule has 0 spiro atoms. The van der Waals surface area contributed by atoms with Crippen molar-refractivity contribution in [3.05, 3.63) is 22.6 Å². The minimum absolute atomic E-state index is 0.171. The van der Waals surface area contributed by atoms with Crippen molar-refractivity contribution in [2.45, 2.75) is 25.3 Å². The van der Waals surface area contributed by atoms with Crippen molar-refractivity contribution in [3.63, 3.8) is 0 Å². The van der Waals surface area contributed by atoms with Crippen LogP contribution in [0, 0.1) is 0 Å². The number of carbonyl (C=O) groups is 2. The van der Waals surface area contributed by atoms with E-state index in [0.717, 1.165) is 12.8 Å². The molecule has 1 fully saturated rings. The zero-order chi connectivity index (χ0) is 12.4. The SMILES string of the molecule is O=C(O)C1CCCCN1C(=O)c1ccc(Br)o1. The zero-order valence-corrected chi connectivity index (χ0v) is 10.6. The van der Waals surface area contributed by atoms with Crippen molar-refractivity contribution >= 4 is 27.8 Å².